The molecule has 0 fully saturated rings. The van der Waals surface area contributed by atoms with Crippen LogP contribution < -0.4 is 0 Å². The lowest BCUT2D eigenvalue weighted by molar-refractivity contribution is -0.129. The van der Waals surface area contributed by atoms with Gasteiger partial charge in [0, 0.05) is 44.5 Å². The Labute approximate surface area is 124 Å². The molecule has 7 nitrogen and oxygen atoms in total. The SMILES string of the molecule is CCn1ncc2c1C(COC)CN(C(=O)CS(C)(=O)=O)C2. The zero-order chi connectivity index (χ0) is 15.6. The summed E-state index contributed by atoms with van der Waals surface area (Å²) in [6.07, 6.45) is 2.82. The molecule has 0 aliphatic carbocycles. The first-order chi connectivity index (χ1) is 9.85. The van der Waals surface area contributed by atoms with Gasteiger partial charge in [0.05, 0.1) is 18.5 Å². The number of amides is 1. The van der Waals surface area contributed by atoms with Gasteiger partial charge in [-0.2, -0.15) is 5.10 Å². The van der Waals surface area contributed by atoms with E-state index in [4.69, 9.17) is 4.74 Å². The molecule has 2 rings (SSSR count). The largest absolute Gasteiger partial charge is 0.384 e. The molecule has 0 saturated heterocycles. The Bertz CT molecular complexity index is 623. The van der Waals surface area contributed by atoms with Crippen LogP contribution in [0.2, 0.25) is 0 Å². The Hall–Kier alpha value is -1.41. The van der Waals surface area contributed by atoms with Gasteiger partial charge < -0.3 is 9.64 Å². The Morgan fingerprint density at radius 3 is 2.81 bits per heavy atom. The highest BCUT2D eigenvalue weighted by Crippen LogP contribution is 2.28. The van der Waals surface area contributed by atoms with E-state index in [0.29, 0.717) is 19.7 Å². The summed E-state index contributed by atoms with van der Waals surface area (Å²) >= 11 is 0. The van der Waals surface area contributed by atoms with Crippen molar-refractivity contribution in [2.75, 3.05) is 32.3 Å². The van der Waals surface area contributed by atoms with Crippen LogP contribution in [0.4, 0.5) is 0 Å². The van der Waals surface area contributed by atoms with E-state index in [9.17, 15) is 13.2 Å². The maximum absolute atomic E-state index is 12.1. The molecule has 0 saturated carbocycles. The van der Waals surface area contributed by atoms with Gasteiger partial charge in [0.2, 0.25) is 5.91 Å². The van der Waals surface area contributed by atoms with Crippen molar-refractivity contribution in [3.8, 4) is 0 Å². The molecule has 1 amide bonds. The molecule has 1 aromatic heterocycles. The number of aromatic nitrogens is 2. The topological polar surface area (TPSA) is 81.5 Å². The number of methoxy groups -OCH3 is 1. The molecular weight excluding hydrogens is 294 g/mol. The van der Waals surface area contributed by atoms with Crippen molar-refractivity contribution in [1.29, 1.82) is 0 Å². The number of carbonyl (C=O) groups is 1. The van der Waals surface area contributed by atoms with Gasteiger partial charge >= 0.3 is 0 Å². The van der Waals surface area contributed by atoms with Gasteiger partial charge in [0.15, 0.2) is 9.84 Å². The summed E-state index contributed by atoms with van der Waals surface area (Å²) < 4.78 is 29.8. The number of nitrogens with zero attached hydrogens (tertiary/aromatic N) is 3. The van der Waals surface area contributed by atoms with Gasteiger partial charge in [-0.25, -0.2) is 8.42 Å². The zero-order valence-corrected chi connectivity index (χ0v) is 13.4. The van der Waals surface area contributed by atoms with E-state index in [0.717, 1.165) is 24.1 Å². The fourth-order valence-electron chi connectivity index (χ4n) is 2.74. The number of fused-ring (bicyclic) bond motifs is 1. The van der Waals surface area contributed by atoms with Crippen LogP contribution in [-0.2, 0) is 32.5 Å². The first-order valence-corrected chi connectivity index (χ1v) is 8.90. The summed E-state index contributed by atoms with van der Waals surface area (Å²) in [5.74, 6) is -0.803. The minimum atomic E-state index is -3.32. The minimum Gasteiger partial charge on any atom is -0.384 e. The number of hydrogen-bond donors (Lipinski definition) is 0. The van der Waals surface area contributed by atoms with Crippen LogP contribution in [0.5, 0.6) is 0 Å². The lowest BCUT2D eigenvalue weighted by Gasteiger charge is -2.33. The fraction of sp³-hybridized carbons (Fsp3) is 0.692. The third-order valence-electron chi connectivity index (χ3n) is 3.55. The summed E-state index contributed by atoms with van der Waals surface area (Å²) in [7, 11) is -1.71. The Morgan fingerprint density at radius 2 is 2.24 bits per heavy atom. The number of hydrogen-bond acceptors (Lipinski definition) is 5. The van der Waals surface area contributed by atoms with Crippen molar-refractivity contribution >= 4 is 15.7 Å². The molecule has 0 spiro atoms. The summed E-state index contributed by atoms with van der Waals surface area (Å²) in [6, 6.07) is 0. The van der Waals surface area contributed by atoms with Crippen LogP contribution in [0.3, 0.4) is 0 Å². The van der Waals surface area contributed by atoms with E-state index >= 15 is 0 Å². The van der Waals surface area contributed by atoms with E-state index < -0.39 is 15.6 Å². The summed E-state index contributed by atoms with van der Waals surface area (Å²) in [4.78, 5) is 13.7. The van der Waals surface area contributed by atoms with Gasteiger partial charge in [0.25, 0.3) is 0 Å². The lowest BCUT2D eigenvalue weighted by atomic mass is 9.97. The summed E-state index contributed by atoms with van der Waals surface area (Å²) in [5, 5.41) is 4.32. The van der Waals surface area contributed by atoms with Crippen LogP contribution in [0.25, 0.3) is 0 Å². The van der Waals surface area contributed by atoms with Crippen molar-refractivity contribution in [2.24, 2.45) is 0 Å². The van der Waals surface area contributed by atoms with E-state index in [1.54, 1.807) is 18.2 Å². The Morgan fingerprint density at radius 1 is 1.52 bits per heavy atom. The second-order valence-electron chi connectivity index (χ2n) is 5.37. The molecule has 8 heteroatoms. The fourth-order valence-corrected chi connectivity index (χ4v) is 3.37. The number of carbonyl (C=O) groups excluding carboxylic acids is 1. The standard InChI is InChI=1S/C13H21N3O4S/c1-4-16-13-10(5-14-16)6-15(7-11(13)8-20-2)12(17)9-21(3,18)19/h5,11H,4,6-9H2,1-3H3. The minimum absolute atomic E-state index is 0.0183. The second kappa shape index (κ2) is 6.15. The Kier molecular flexibility index (Phi) is 4.67. The molecule has 0 N–H and O–H groups in total. The first kappa shape index (κ1) is 16.0. The molecule has 0 aromatic carbocycles. The van der Waals surface area contributed by atoms with Crippen molar-refractivity contribution in [3.63, 3.8) is 0 Å². The van der Waals surface area contributed by atoms with Crippen LogP contribution in [0, 0.1) is 0 Å². The second-order valence-corrected chi connectivity index (χ2v) is 7.51. The highest BCUT2D eigenvalue weighted by Gasteiger charge is 2.32. The third kappa shape index (κ3) is 3.62. The smallest absolute Gasteiger partial charge is 0.238 e. The normalized spacial score (nSPS) is 18.6. The molecule has 118 valence electrons. The average molecular weight is 315 g/mol. The van der Waals surface area contributed by atoms with Gasteiger partial charge in [0.1, 0.15) is 5.75 Å². The molecule has 1 atom stereocenters. The molecule has 1 unspecified atom stereocenters. The molecule has 1 aliphatic rings. The van der Waals surface area contributed by atoms with Gasteiger partial charge in [-0.05, 0) is 6.92 Å². The third-order valence-corrected chi connectivity index (χ3v) is 4.33. The van der Waals surface area contributed by atoms with E-state index in [1.165, 1.54) is 0 Å². The quantitative estimate of drug-likeness (QED) is 0.765. The number of sulfone groups is 1. The van der Waals surface area contributed by atoms with Crippen molar-refractivity contribution < 1.29 is 17.9 Å². The van der Waals surface area contributed by atoms with E-state index in [-0.39, 0.29) is 11.8 Å². The monoisotopic (exact) mass is 315 g/mol. The molecule has 0 bridgehead atoms. The molecule has 1 aromatic rings. The molecule has 0 radical (unpaired) electrons. The van der Waals surface area contributed by atoms with Crippen LogP contribution in [0.1, 0.15) is 24.1 Å². The van der Waals surface area contributed by atoms with Crippen molar-refractivity contribution in [2.45, 2.75) is 25.9 Å². The van der Waals surface area contributed by atoms with Gasteiger partial charge in [-0.3, -0.25) is 9.48 Å². The van der Waals surface area contributed by atoms with Gasteiger partial charge in [-0.1, -0.05) is 0 Å². The van der Waals surface area contributed by atoms with Crippen LogP contribution >= 0.6 is 0 Å². The van der Waals surface area contributed by atoms with E-state index in [1.807, 2.05) is 11.6 Å². The number of rotatable bonds is 5. The maximum Gasteiger partial charge on any atom is 0.238 e. The molecular formula is C13H21N3O4S. The highest BCUT2D eigenvalue weighted by molar-refractivity contribution is 7.91. The summed E-state index contributed by atoms with van der Waals surface area (Å²) in [6.45, 7) is 4.11. The maximum atomic E-state index is 12.1. The van der Waals surface area contributed by atoms with E-state index in [2.05, 4.69) is 5.10 Å². The van der Waals surface area contributed by atoms with Crippen molar-refractivity contribution in [3.05, 3.63) is 17.5 Å². The predicted molar refractivity (Wildman–Crippen MR) is 77.6 cm³/mol. The lowest BCUT2D eigenvalue weighted by Crippen LogP contribution is -2.42. The summed E-state index contributed by atoms with van der Waals surface area (Å²) in [5.41, 5.74) is 2.05. The first-order valence-electron chi connectivity index (χ1n) is 6.84. The van der Waals surface area contributed by atoms with Crippen molar-refractivity contribution in [1.82, 2.24) is 14.7 Å². The number of aryl methyl sites for hydroxylation is 1. The molecule has 21 heavy (non-hydrogen) atoms. The molecule has 1 aliphatic heterocycles. The van der Waals surface area contributed by atoms with Crippen LogP contribution in [0.15, 0.2) is 6.20 Å². The highest BCUT2D eigenvalue weighted by atomic mass is 32.2. The average Bonchev–Trinajstić information content (AvgIpc) is 2.80. The van der Waals surface area contributed by atoms with Gasteiger partial charge in [-0.15, -0.1) is 0 Å². The molecule has 2 heterocycles. The number of ether oxygens (including phenoxy) is 1. The van der Waals surface area contributed by atoms with Crippen LogP contribution in [-0.4, -0.2) is 61.3 Å². The predicted octanol–water partition coefficient (Wildman–Crippen LogP) is 0.0198. The zero-order valence-electron chi connectivity index (χ0n) is 12.6. The Balaban J connectivity index is 2.25.